The van der Waals surface area contributed by atoms with Crippen LogP contribution in [-0.4, -0.2) is 20.7 Å². The first-order chi connectivity index (χ1) is 9.12. The van der Waals surface area contributed by atoms with Gasteiger partial charge in [-0.1, -0.05) is 0 Å². The Bertz CT molecular complexity index is 542. The fraction of sp³-hybridized carbons (Fsp3) is 0.462. The molecule has 104 valence electrons. The second-order valence-electron chi connectivity index (χ2n) is 4.38. The maximum Gasteiger partial charge on any atom is 0.276 e. The van der Waals surface area contributed by atoms with E-state index in [1.165, 1.54) is 12.1 Å². The van der Waals surface area contributed by atoms with Crippen molar-refractivity contribution in [1.29, 1.82) is 0 Å². The van der Waals surface area contributed by atoms with Gasteiger partial charge < -0.3 is 4.74 Å². The summed E-state index contributed by atoms with van der Waals surface area (Å²) >= 11 is 0. The van der Waals surface area contributed by atoms with E-state index in [1.807, 2.05) is 6.92 Å². The number of rotatable bonds is 5. The predicted molar refractivity (Wildman–Crippen MR) is 73.8 cm³/mol. The highest BCUT2D eigenvalue weighted by atomic mass is 32.2. The molecule has 1 aromatic rings. The van der Waals surface area contributed by atoms with E-state index in [9.17, 15) is 8.42 Å². The SMILES string of the molecule is CCOc1ccc(S(=O)(=O)NN=C2CCCC2)cc1. The van der Waals surface area contributed by atoms with Crippen LogP contribution in [-0.2, 0) is 10.0 Å². The van der Waals surface area contributed by atoms with Crippen LogP contribution in [0, 0.1) is 0 Å². The summed E-state index contributed by atoms with van der Waals surface area (Å²) in [6.45, 7) is 2.43. The maximum atomic E-state index is 12.0. The number of hydrogen-bond donors (Lipinski definition) is 1. The van der Waals surface area contributed by atoms with Crippen molar-refractivity contribution in [2.75, 3.05) is 6.61 Å². The van der Waals surface area contributed by atoms with Crippen molar-refractivity contribution >= 4 is 15.7 Å². The molecule has 1 saturated carbocycles. The molecule has 0 amide bonds. The first-order valence-corrected chi connectivity index (χ1v) is 7.90. The molecule has 0 aliphatic heterocycles. The molecule has 2 rings (SSSR count). The Morgan fingerprint density at radius 3 is 2.42 bits per heavy atom. The van der Waals surface area contributed by atoms with Gasteiger partial charge >= 0.3 is 0 Å². The van der Waals surface area contributed by atoms with E-state index in [0.29, 0.717) is 12.4 Å². The minimum Gasteiger partial charge on any atom is -0.494 e. The molecule has 1 aromatic carbocycles. The van der Waals surface area contributed by atoms with Crippen LogP contribution < -0.4 is 9.57 Å². The summed E-state index contributed by atoms with van der Waals surface area (Å²) in [4.78, 5) is 2.48. The van der Waals surface area contributed by atoms with Crippen LogP contribution >= 0.6 is 0 Å². The van der Waals surface area contributed by atoms with Gasteiger partial charge in [-0.15, -0.1) is 0 Å². The number of sulfonamides is 1. The lowest BCUT2D eigenvalue weighted by Gasteiger charge is -2.06. The Morgan fingerprint density at radius 2 is 1.84 bits per heavy atom. The zero-order valence-corrected chi connectivity index (χ0v) is 11.7. The zero-order valence-electron chi connectivity index (χ0n) is 10.9. The number of ether oxygens (including phenoxy) is 1. The molecule has 6 heteroatoms. The third-order valence-corrected chi connectivity index (χ3v) is 4.17. The Kier molecular flexibility index (Phi) is 4.42. The summed E-state index contributed by atoms with van der Waals surface area (Å²) in [6.07, 6.45) is 3.94. The predicted octanol–water partition coefficient (Wildman–Crippen LogP) is 2.29. The molecule has 1 N–H and O–H groups in total. The van der Waals surface area contributed by atoms with Gasteiger partial charge in [0.25, 0.3) is 10.0 Å². The fourth-order valence-corrected chi connectivity index (χ4v) is 2.80. The van der Waals surface area contributed by atoms with Crippen LogP contribution in [0.2, 0.25) is 0 Å². The summed E-state index contributed by atoms with van der Waals surface area (Å²) in [6, 6.07) is 6.31. The average Bonchev–Trinajstić information content (AvgIpc) is 2.91. The molecule has 0 spiro atoms. The van der Waals surface area contributed by atoms with Gasteiger partial charge in [-0.3, -0.25) is 0 Å². The molecule has 0 heterocycles. The van der Waals surface area contributed by atoms with E-state index in [1.54, 1.807) is 12.1 Å². The molecule has 0 saturated heterocycles. The van der Waals surface area contributed by atoms with Gasteiger partial charge in [0.15, 0.2) is 0 Å². The van der Waals surface area contributed by atoms with E-state index in [4.69, 9.17) is 4.74 Å². The molecule has 1 fully saturated rings. The molecule has 19 heavy (non-hydrogen) atoms. The minimum absolute atomic E-state index is 0.193. The molecule has 1 aliphatic rings. The van der Waals surface area contributed by atoms with E-state index < -0.39 is 10.0 Å². The summed E-state index contributed by atoms with van der Waals surface area (Å²) in [5.74, 6) is 0.656. The van der Waals surface area contributed by atoms with Crippen LogP contribution in [0.4, 0.5) is 0 Å². The number of nitrogens with one attached hydrogen (secondary N) is 1. The van der Waals surface area contributed by atoms with Crippen LogP contribution in [0.3, 0.4) is 0 Å². The van der Waals surface area contributed by atoms with Gasteiger partial charge in [0, 0.05) is 5.71 Å². The Hall–Kier alpha value is -1.56. The van der Waals surface area contributed by atoms with Crippen LogP contribution in [0.1, 0.15) is 32.6 Å². The van der Waals surface area contributed by atoms with E-state index in [-0.39, 0.29) is 4.90 Å². The highest BCUT2D eigenvalue weighted by Gasteiger charge is 2.14. The summed E-state index contributed by atoms with van der Waals surface area (Å²) in [7, 11) is -3.57. The zero-order chi connectivity index (χ0) is 13.7. The molecular weight excluding hydrogens is 264 g/mol. The molecule has 0 radical (unpaired) electrons. The van der Waals surface area contributed by atoms with Crippen molar-refractivity contribution in [2.24, 2.45) is 5.10 Å². The molecular formula is C13H18N2O3S. The first-order valence-electron chi connectivity index (χ1n) is 6.42. The lowest BCUT2D eigenvalue weighted by molar-refractivity contribution is 0.340. The van der Waals surface area contributed by atoms with Crippen molar-refractivity contribution in [2.45, 2.75) is 37.5 Å². The summed E-state index contributed by atoms with van der Waals surface area (Å²) < 4.78 is 29.3. The van der Waals surface area contributed by atoms with E-state index in [2.05, 4.69) is 9.93 Å². The molecule has 5 nitrogen and oxygen atoms in total. The van der Waals surface area contributed by atoms with E-state index in [0.717, 1.165) is 31.4 Å². The van der Waals surface area contributed by atoms with Crippen molar-refractivity contribution in [3.8, 4) is 5.75 Å². The van der Waals surface area contributed by atoms with E-state index >= 15 is 0 Å². The topological polar surface area (TPSA) is 67.8 Å². The van der Waals surface area contributed by atoms with Crippen molar-refractivity contribution < 1.29 is 13.2 Å². The quantitative estimate of drug-likeness (QED) is 0.843. The smallest absolute Gasteiger partial charge is 0.276 e. The highest BCUT2D eigenvalue weighted by Crippen LogP contribution is 2.17. The van der Waals surface area contributed by atoms with Gasteiger partial charge in [-0.05, 0) is 56.9 Å². The monoisotopic (exact) mass is 282 g/mol. The minimum atomic E-state index is -3.57. The second-order valence-corrected chi connectivity index (χ2v) is 6.05. The molecule has 0 aromatic heterocycles. The molecule has 0 bridgehead atoms. The maximum absolute atomic E-state index is 12.0. The number of benzene rings is 1. The van der Waals surface area contributed by atoms with Crippen molar-refractivity contribution in [3.63, 3.8) is 0 Å². The third kappa shape index (κ3) is 3.70. The second kappa shape index (κ2) is 6.06. The van der Waals surface area contributed by atoms with Crippen LogP contribution in [0.25, 0.3) is 0 Å². The molecule has 0 unspecified atom stereocenters. The Balaban J connectivity index is 2.08. The third-order valence-electron chi connectivity index (χ3n) is 2.95. The Labute approximate surface area is 113 Å². The van der Waals surface area contributed by atoms with Crippen molar-refractivity contribution in [3.05, 3.63) is 24.3 Å². The normalized spacial score (nSPS) is 15.3. The van der Waals surface area contributed by atoms with Crippen molar-refractivity contribution in [1.82, 2.24) is 4.83 Å². The van der Waals surface area contributed by atoms with Gasteiger partial charge in [-0.2, -0.15) is 13.5 Å². The van der Waals surface area contributed by atoms with Crippen LogP contribution in [0.15, 0.2) is 34.3 Å². The lowest BCUT2D eigenvalue weighted by Crippen LogP contribution is -2.19. The van der Waals surface area contributed by atoms with Crippen LogP contribution in [0.5, 0.6) is 5.75 Å². The van der Waals surface area contributed by atoms with Gasteiger partial charge in [0.05, 0.1) is 11.5 Å². The van der Waals surface area contributed by atoms with Gasteiger partial charge in [0.2, 0.25) is 0 Å². The standard InChI is InChI=1S/C13H18N2O3S/c1-2-18-12-7-9-13(10-8-12)19(16,17)15-14-11-5-3-4-6-11/h7-10,15H,2-6H2,1H3. The number of hydrazone groups is 1. The highest BCUT2D eigenvalue weighted by molar-refractivity contribution is 7.89. The molecule has 0 atom stereocenters. The summed E-state index contributed by atoms with van der Waals surface area (Å²) in [5.41, 5.74) is 0.925. The lowest BCUT2D eigenvalue weighted by atomic mass is 10.3. The fourth-order valence-electron chi connectivity index (χ4n) is 1.95. The first kappa shape index (κ1) is 13.9. The summed E-state index contributed by atoms with van der Waals surface area (Å²) in [5, 5.41) is 3.98. The number of nitrogens with zero attached hydrogens (tertiary/aromatic N) is 1. The van der Waals surface area contributed by atoms with Gasteiger partial charge in [-0.25, -0.2) is 4.83 Å². The Morgan fingerprint density at radius 1 is 1.21 bits per heavy atom. The average molecular weight is 282 g/mol. The molecule has 1 aliphatic carbocycles. The van der Waals surface area contributed by atoms with Gasteiger partial charge in [0.1, 0.15) is 5.75 Å². The number of hydrogen-bond acceptors (Lipinski definition) is 4. The largest absolute Gasteiger partial charge is 0.494 e.